The number of aromatic amines is 1. The van der Waals surface area contributed by atoms with Gasteiger partial charge in [0.1, 0.15) is 11.3 Å². The summed E-state index contributed by atoms with van der Waals surface area (Å²) in [6, 6.07) is 13.1. The van der Waals surface area contributed by atoms with Crippen molar-refractivity contribution in [3.8, 4) is 5.75 Å². The minimum Gasteiger partial charge on any atom is -0.494 e. The van der Waals surface area contributed by atoms with E-state index in [2.05, 4.69) is 15.0 Å². The van der Waals surface area contributed by atoms with Gasteiger partial charge in [-0.05, 0) is 29.7 Å². The van der Waals surface area contributed by atoms with Crippen molar-refractivity contribution in [1.29, 1.82) is 0 Å². The highest BCUT2D eigenvalue weighted by molar-refractivity contribution is 7.92. The molecule has 0 aliphatic rings. The fraction of sp³-hybridized carbons (Fsp3) is 0.111. The smallest absolute Gasteiger partial charge is 0.261 e. The molecule has 1 aromatic heterocycles. The Kier molecular flexibility index (Phi) is 4.87. The second kappa shape index (κ2) is 7.12. The molecule has 8 nitrogen and oxygen atoms in total. The number of pyridine rings is 1. The first kappa shape index (κ1) is 18.5. The minimum absolute atomic E-state index is 0.0361. The van der Waals surface area contributed by atoms with Crippen LogP contribution in [0.5, 0.6) is 5.75 Å². The van der Waals surface area contributed by atoms with Gasteiger partial charge in [-0.3, -0.25) is 14.3 Å². The number of para-hydroxylation sites is 1. The lowest BCUT2D eigenvalue weighted by atomic mass is 10.1. The zero-order valence-corrected chi connectivity index (χ0v) is 15.4. The number of hydrogen-bond donors (Lipinski definition) is 3. The van der Waals surface area contributed by atoms with Gasteiger partial charge in [-0.2, -0.15) is 0 Å². The van der Waals surface area contributed by atoms with Gasteiger partial charge in [0.05, 0.1) is 19.1 Å². The zero-order valence-electron chi connectivity index (χ0n) is 14.6. The molecular formula is C18H17N3O5S. The molecule has 0 radical (unpaired) electrons. The van der Waals surface area contributed by atoms with Crippen molar-refractivity contribution in [3.63, 3.8) is 0 Å². The summed E-state index contributed by atoms with van der Waals surface area (Å²) in [5.74, 6) is -0.362. The van der Waals surface area contributed by atoms with Gasteiger partial charge in [-0.1, -0.05) is 18.2 Å². The van der Waals surface area contributed by atoms with E-state index in [1.54, 1.807) is 24.3 Å². The Labute approximate surface area is 155 Å². The summed E-state index contributed by atoms with van der Waals surface area (Å²) in [5, 5.41) is 3.34. The molecular weight excluding hydrogens is 370 g/mol. The van der Waals surface area contributed by atoms with Gasteiger partial charge in [-0.25, -0.2) is 8.42 Å². The number of carbonyl (C=O) groups is 1. The number of hydrogen-bond acceptors (Lipinski definition) is 5. The van der Waals surface area contributed by atoms with E-state index in [1.165, 1.54) is 31.4 Å². The number of amides is 1. The van der Waals surface area contributed by atoms with Gasteiger partial charge in [-0.15, -0.1) is 0 Å². The molecule has 0 saturated carbocycles. The lowest BCUT2D eigenvalue weighted by Crippen LogP contribution is -2.23. The summed E-state index contributed by atoms with van der Waals surface area (Å²) in [4.78, 5) is 27.4. The molecule has 3 N–H and O–H groups in total. The molecule has 1 heterocycles. The van der Waals surface area contributed by atoms with Gasteiger partial charge in [0.2, 0.25) is 10.0 Å². The second-order valence-electron chi connectivity index (χ2n) is 5.84. The van der Waals surface area contributed by atoms with E-state index in [4.69, 9.17) is 4.74 Å². The third-order valence-electron chi connectivity index (χ3n) is 3.75. The lowest BCUT2D eigenvalue weighted by molar-refractivity contribution is 0.102. The minimum atomic E-state index is -3.48. The Hall–Kier alpha value is -3.33. The largest absolute Gasteiger partial charge is 0.494 e. The third kappa shape index (κ3) is 4.26. The molecule has 0 bridgehead atoms. The first-order chi connectivity index (χ1) is 12.8. The number of benzene rings is 2. The molecule has 140 valence electrons. The van der Waals surface area contributed by atoms with Crippen LogP contribution in [0.25, 0.3) is 10.9 Å². The van der Waals surface area contributed by atoms with Gasteiger partial charge in [0.25, 0.3) is 11.5 Å². The normalized spacial score (nSPS) is 11.2. The zero-order chi connectivity index (χ0) is 19.6. The van der Waals surface area contributed by atoms with Crippen molar-refractivity contribution < 1.29 is 17.9 Å². The topological polar surface area (TPSA) is 117 Å². The van der Waals surface area contributed by atoms with E-state index >= 15 is 0 Å². The molecule has 27 heavy (non-hydrogen) atoms. The number of ether oxygens (including phenoxy) is 1. The highest BCUT2D eigenvalue weighted by Crippen LogP contribution is 2.28. The van der Waals surface area contributed by atoms with E-state index < -0.39 is 21.5 Å². The number of nitrogens with one attached hydrogen (secondary N) is 3. The number of anilines is 2. The third-order valence-corrected chi connectivity index (χ3v) is 4.34. The molecule has 0 spiro atoms. The number of rotatable bonds is 5. The number of sulfonamides is 1. The van der Waals surface area contributed by atoms with Gasteiger partial charge in [0, 0.05) is 17.3 Å². The summed E-state index contributed by atoms with van der Waals surface area (Å²) in [6.45, 7) is 0. The molecule has 9 heteroatoms. The van der Waals surface area contributed by atoms with Crippen molar-refractivity contribution in [1.82, 2.24) is 4.98 Å². The average Bonchev–Trinajstić information content (AvgIpc) is 2.61. The second-order valence-corrected chi connectivity index (χ2v) is 7.59. The molecule has 1 amide bonds. The van der Waals surface area contributed by atoms with E-state index in [-0.39, 0.29) is 17.0 Å². The van der Waals surface area contributed by atoms with Crippen LogP contribution < -0.4 is 20.3 Å². The van der Waals surface area contributed by atoms with Gasteiger partial charge in [0.15, 0.2) is 0 Å². The SMILES string of the molecule is COc1cc(NC(=O)c2cc3ccccc3[nH]c2=O)ccc1NS(C)(=O)=O. The Morgan fingerprint density at radius 3 is 2.56 bits per heavy atom. The molecule has 0 aliphatic carbocycles. The fourth-order valence-corrected chi connectivity index (χ4v) is 3.14. The Morgan fingerprint density at radius 2 is 1.85 bits per heavy atom. The molecule has 0 unspecified atom stereocenters. The molecule has 3 aromatic rings. The van der Waals surface area contributed by atoms with Crippen molar-refractivity contribution in [2.24, 2.45) is 0 Å². The van der Waals surface area contributed by atoms with E-state index in [0.29, 0.717) is 11.2 Å². The molecule has 0 fully saturated rings. The van der Waals surface area contributed by atoms with Crippen molar-refractivity contribution in [2.75, 3.05) is 23.4 Å². The quantitative estimate of drug-likeness (QED) is 0.620. The van der Waals surface area contributed by atoms with Crippen molar-refractivity contribution >= 4 is 38.2 Å². The van der Waals surface area contributed by atoms with Crippen LogP contribution in [0.15, 0.2) is 53.3 Å². The Bertz CT molecular complexity index is 1190. The van der Waals surface area contributed by atoms with E-state index in [0.717, 1.165) is 11.6 Å². The standard InChI is InChI=1S/C18H17N3O5S/c1-26-16-10-12(7-8-15(16)21-27(2,24)25)19-17(22)13-9-11-5-3-4-6-14(11)20-18(13)23/h3-10,21H,1-2H3,(H,19,22)(H,20,23). The van der Waals surface area contributed by atoms with Crippen molar-refractivity contribution in [2.45, 2.75) is 0 Å². The van der Waals surface area contributed by atoms with Crippen LogP contribution in [-0.4, -0.2) is 32.7 Å². The molecule has 2 aromatic carbocycles. The van der Waals surface area contributed by atoms with Crippen LogP contribution in [0.4, 0.5) is 11.4 Å². The Morgan fingerprint density at radius 1 is 1.11 bits per heavy atom. The van der Waals surface area contributed by atoms with Crippen LogP contribution in [0.1, 0.15) is 10.4 Å². The molecule has 0 aliphatic heterocycles. The van der Waals surface area contributed by atoms with E-state index in [1.807, 2.05) is 0 Å². The predicted octanol–water partition coefficient (Wildman–Crippen LogP) is 2.16. The highest BCUT2D eigenvalue weighted by Gasteiger charge is 2.14. The number of carbonyl (C=O) groups excluding carboxylic acids is 1. The Balaban J connectivity index is 1.90. The van der Waals surface area contributed by atoms with Gasteiger partial charge >= 0.3 is 0 Å². The average molecular weight is 387 g/mol. The molecule has 3 rings (SSSR count). The fourth-order valence-electron chi connectivity index (χ4n) is 2.57. The highest BCUT2D eigenvalue weighted by atomic mass is 32.2. The maximum atomic E-state index is 12.5. The van der Waals surface area contributed by atoms with Crippen LogP contribution in [0.3, 0.4) is 0 Å². The number of methoxy groups -OCH3 is 1. The summed E-state index contributed by atoms with van der Waals surface area (Å²) in [7, 11) is -2.10. The summed E-state index contributed by atoms with van der Waals surface area (Å²) >= 11 is 0. The molecule has 0 saturated heterocycles. The maximum absolute atomic E-state index is 12.5. The summed E-state index contributed by atoms with van der Waals surface area (Å²) < 4.78 is 30.2. The number of fused-ring (bicyclic) bond motifs is 1. The number of H-pyrrole nitrogens is 1. The van der Waals surface area contributed by atoms with Crippen LogP contribution in [0, 0.1) is 0 Å². The summed E-state index contributed by atoms with van der Waals surface area (Å²) in [5.41, 5.74) is 0.682. The number of aromatic nitrogens is 1. The monoisotopic (exact) mass is 387 g/mol. The maximum Gasteiger partial charge on any atom is 0.261 e. The molecule has 0 atom stereocenters. The van der Waals surface area contributed by atoms with Crippen LogP contribution in [-0.2, 0) is 10.0 Å². The van der Waals surface area contributed by atoms with E-state index in [9.17, 15) is 18.0 Å². The van der Waals surface area contributed by atoms with Crippen LogP contribution >= 0.6 is 0 Å². The first-order valence-electron chi connectivity index (χ1n) is 7.86. The lowest BCUT2D eigenvalue weighted by Gasteiger charge is -2.12. The van der Waals surface area contributed by atoms with Crippen molar-refractivity contribution in [3.05, 3.63) is 64.4 Å². The van der Waals surface area contributed by atoms with Crippen LogP contribution in [0.2, 0.25) is 0 Å². The first-order valence-corrected chi connectivity index (χ1v) is 9.75. The predicted molar refractivity (Wildman–Crippen MR) is 104 cm³/mol. The van der Waals surface area contributed by atoms with Gasteiger partial charge < -0.3 is 15.0 Å². The summed E-state index contributed by atoms with van der Waals surface area (Å²) in [6.07, 6.45) is 1.02.